The van der Waals surface area contributed by atoms with E-state index >= 15 is 0 Å². The molecule has 0 atom stereocenters. The van der Waals surface area contributed by atoms with Crippen LogP contribution in [0, 0.1) is 0 Å². The molecule has 0 radical (unpaired) electrons. The van der Waals surface area contributed by atoms with Crippen molar-refractivity contribution in [3.8, 4) is 0 Å². The van der Waals surface area contributed by atoms with E-state index in [2.05, 4.69) is 10.3 Å². The second-order valence-electron chi connectivity index (χ2n) is 5.00. The summed E-state index contributed by atoms with van der Waals surface area (Å²) in [7, 11) is 0. The summed E-state index contributed by atoms with van der Waals surface area (Å²) < 4.78 is 1.48. The van der Waals surface area contributed by atoms with E-state index in [9.17, 15) is 9.59 Å². The third kappa shape index (κ3) is 2.39. The van der Waals surface area contributed by atoms with Gasteiger partial charge in [-0.1, -0.05) is 24.3 Å². The predicted octanol–water partition coefficient (Wildman–Crippen LogP) is 3.16. The van der Waals surface area contributed by atoms with Gasteiger partial charge in [0.2, 0.25) is 0 Å². The van der Waals surface area contributed by atoms with Crippen molar-refractivity contribution < 1.29 is 4.79 Å². The predicted molar refractivity (Wildman–Crippen MR) is 91.2 cm³/mol. The number of aromatic nitrogens is 2. The quantitative estimate of drug-likeness (QED) is 0.617. The van der Waals surface area contributed by atoms with Gasteiger partial charge in [-0.05, 0) is 30.3 Å². The van der Waals surface area contributed by atoms with Gasteiger partial charge in [-0.2, -0.15) is 0 Å². The second-order valence-corrected chi connectivity index (χ2v) is 6.03. The number of benzene rings is 1. The maximum Gasteiger partial charge on any atom is 0.266 e. The zero-order valence-electron chi connectivity index (χ0n) is 11.9. The van der Waals surface area contributed by atoms with Crippen LogP contribution in [0.25, 0.3) is 15.9 Å². The number of amides is 1. The Hall–Kier alpha value is -2.99. The molecule has 4 rings (SSSR count). The van der Waals surface area contributed by atoms with E-state index in [0.29, 0.717) is 26.4 Å². The molecule has 4 aromatic rings. The number of pyridine rings is 1. The molecule has 112 valence electrons. The number of para-hydroxylation sites is 1. The van der Waals surface area contributed by atoms with Gasteiger partial charge in [-0.3, -0.25) is 14.0 Å². The first-order valence-corrected chi connectivity index (χ1v) is 7.81. The normalized spacial score (nSPS) is 11.0. The summed E-state index contributed by atoms with van der Waals surface area (Å²) in [6, 6.07) is 16.2. The van der Waals surface area contributed by atoms with Crippen LogP contribution in [0.15, 0.2) is 65.6 Å². The molecule has 0 bridgehead atoms. The number of nitrogens with zero attached hydrogens (tertiary/aromatic N) is 2. The molecule has 0 aliphatic carbocycles. The van der Waals surface area contributed by atoms with Crippen LogP contribution in [0.2, 0.25) is 0 Å². The maximum absolute atomic E-state index is 12.5. The van der Waals surface area contributed by atoms with Crippen LogP contribution in [0.1, 0.15) is 9.67 Å². The highest BCUT2D eigenvalue weighted by molar-refractivity contribution is 7.20. The number of anilines is 1. The molecule has 1 amide bonds. The van der Waals surface area contributed by atoms with Gasteiger partial charge in [0, 0.05) is 11.9 Å². The first-order chi connectivity index (χ1) is 11.2. The van der Waals surface area contributed by atoms with Crippen LogP contribution < -0.4 is 10.9 Å². The molecule has 1 aromatic carbocycles. The Balaban J connectivity index is 1.80. The number of carbonyl (C=O) groups is 1. The van der Waals surface area contributed by atoms with Gasteiger partial charge in [0.25, 0.3) is 11.5 Å². The number of carbonyl (C=O) groups excluding carboxylic acids is 1. The van der Waals surface area contributed by atoms with Crippen molar-refractivity contribution in [2.24, 2.45) is 0 Å². The standard InChI is InChI=1S/C17H11N3O2S/c21-15(18-11-6-2-1-3-7-11)13-10-12-16(23-13)19-14-8-4-5-9-20(14)17(12)22/h1-10H,(H,18,21). The highest BCUT2D eigenvalue weighted by atomic mass is 32.1. The highest BCUT2D eigenvalue weighted by Gasteiger charge is 2.14. The van der Waals surface area contributed by atoms with E-state index in [1.165, 1.54) is 15.7 Å². The largest absolute Gasteiger partial charge is 0.321 e. The van der Waals surface area contributed by atoms with Gasteiger partial charge in [0.15, 0.2) is 0 Å². The van der Waals surface area contributed by atoms with Crippen LogP contribution in [0.5, 0.6) is 0 Å². The maximum atomic E-state index is 12.5. The Bertz CT molecular complexity index is 1080. The second kappa shape index (κ2) is 5.33. The van der Waals surface area contributed by atoms with Gasteiger partial charge < -0.3 is 5.32 Å². The number of fused-ring (bicyclic) bond motifs is 2. The molecule has 0 aliphatic heterocycles. The number of hydrogen-bond acceptors (Lipinski definition) is 4. The average molecular weight is 321 g/mol. The summed E-state index contributed by atoms with van der Waals surface area (Å²) in [5.74, 6) is -0.243. The van der Waals surface area contributed by atoms with Gasteiger partial charge >= 0.3 is 0 Å². The van der Waals surface area contributed by atoms with Crippen molar-refractivity contribution >= 4 is 38.8 Å². The Kier molecular flexibility index (Phi) is 3.17. The Morgan fingerprint density at radius 2 is 1.87 bits per heavy atom. The summed E-state index contributed by atoms with van der Waals surface area (Å²) in [4.78, 5) is 30.3. The lowest BCUT2D eigenvalue weighted by atomic mass is 10.3. The van der Waals surface area contributed by atoms with Crippen molar-refractivity contribution in [3.63, 3.8) is 0 Å². The number of rotatable bonds is 2. The van der Waals surface area contributed by atoms with Gasteiger partial charge in [-0.25, -0.2) is 4.98 Å². The lowest BCUT2D eigenvalue weighted by Crippen LogP contribution is -2.13. The molecular weight excluding hydrogens is 310 g/mol. The first-order valence-electron chi connectivity index (χ1n) is 7.00. The van der Waals surface area contributed by atoms with Crippen LogP contribution in [0.3, 0.4) is 0 Å². The molecule has 0 saturated carbocycles. The SMILES string of the molecule is O=C(Nc1ccccc1)c1cc2c(=O)n3ccccc3nc2s1. The molecule has 0 fully saturated rings. The molecule has 3 heterocycles. The molecular formula is C17H11N3O2S. The van der Waals surface area contributed by atoms with Crippen molar-refractivity contribution in [3.05, 3.63) is 76.0 Å². The minimum absolute atomic E-state index is 0.166. The topological polar surface area (TPSA) is 63.5 Å². The molecule has 0 saturated heterocycles. The van der Waals surface area contributed by atoms with E-state index < -0.39 is 0 Å². The lowest BCUT2D eigenvalue weighted by molar-refractivity contribution is 0.103. The summed E-state index contributed by atoms with van der Waals surface area (Å²) in [6.07, 6.45) is 1.67. The van der Waals surface area contributed by atoms with E-state index in [1.807, 2.05) is 36.4 Å². The van der Waals surface area contributed by atoms with E-state index in [-0.39, 0.29) is 11.5 Å². The van der Waals surface area contributed by atoms with Gasteiger partial charge in [0.05, 0.1) is 10.3 Å². The van der Waals surface area contributed by atoms with Gasteiger partial charge in [0.1, 0.15) is 10.5 Å². The molecule has 23 heavy (non-hydrogen) atoms. The minimum atomic E-state index is -0.243. The summed E-state index contributed by atoms with van der Waals surface area (Å²) >= 11 is 1.22. The lowest BCUT2D eigenvalue weighted by Gasteiger charge is -2.01. The van der Waals surface area contributed by atoms with Crippen LogP contribution in [-0.2, 0) is 0 Å². The fourth-order valence-electron chi connectivity index (χ4n) is 2.37. The van der Waals surface area contributed by atoms with Crippen molar-refractivity contribution in [1.82, 2.24) is 9.38 Å². The summed E-state index contributed by atoms with van der Waals surface area (Å²) in [6.45, 7) is 0. The third-order valence-electron chi connectivity index (χ3n) is 3.47. The van der Waals surface area contributed by atoms with Crippen molar-refractivity contribution in [2.75, 3.05) is 5.32 Å². The molecule has 1 N–H and O–H groups in total. The van der Waals surface area contributed by atoms with E-state index in [4.69, 9.17) is 0 Å². The monoisotopic (exact) mass is 321 g/mol. The van der Waals surface area contributed by atoms with E-state index in [1.54, 1.807) is 24.4 Å². The molecule has 6 heteroatoms. The number of nitrogens with one attached hydrogen (secondary N) is 1. The van der Waals surface area contributed by atoms with Crippen molar-refractivity contribution in [1.29, 1.82) is 0 Å². The van der Waals surface area contributed by atoms with Crippen LogP contribution >= 0.6 is 11.3 Å². The average Bonchev–Trinajstić information content (AvgIpc) is 3.00. The fraction of sp³-hybridized carbons (Fsp3) is 0. The molecule has 0 spiro atoms. The smallest absolute Gasteiger partial charge is 0.266 e. The molecule has 5 nitrogen and oxygen atoms in total. The number of hydrogen-bond donors (Lipinski definition) is 1. The number of thiophene rings is 1. The summed E-state index contributed by atoms with van der Waals surface area (Å²) in [5.41, 5.74) is 1.12. The Labute approximate surface area is 134 Å². The zero-order valence-corrected chi connectivity index (χ0v) is 12.7. The van der Waals surface area contributed by atoms with E-state index in [0.717, 1.165) is 0 Å². The van der Waals surface area contributed by atoms with Crippen LogP contribution in [-0.4, -0.2) is 15.3 Å². The summed E-state index contributed by atoms with van der Waals surface area (Å²) in [5, 5.41) is 3.27. The fourth-order valence-corrected chi connectivity index (χ4v) is 3.30. The Morgan fingerprint density at radius 3 is 2.70 bits per heavy atom. The molecule has 0 unspecified atom stereocenters. The zero-order chi connectivity index (χ0) is 15.8. The minimum Gasteiger partial charge on any atom is -0.321 e. The van der Waals surface area contributed by atoms with Gasteiger partial charge in [-0.15, -0.1) is 11.3 Å². The molecule has 3 aromatic heterocycles. The third-order valence-corrected chi connectivity index (χ3v) is 4.50. The molecule has 0 aliphatic rings. The first kappa shape index (κ1) is 13.7. The van der Waals surface area contributed by atoms with Crippen molar-refractivity contribution in [2.45, 2.75) is 0 Å². The highest BCUT2D eigenvalue weighted by Crippen LogP contribution is 2.23. The van der Waals surface area contributed by atoms with Crippen LogP contribution in [0.4, 0.5) is 5.69 Å². The Morgan fingerprint density at radius 1 is 1.09 bits per heavy atom.